The second-order valence-corrected chi connectivity index (χ2v) is 4.43. The first-order valence-electron chi connectivity index (χ1n) is 6.01. The number of hydrogen-bond acceptors (Lipinski definition) is 4. The lowest BCUT2D eigenvalue weighted by Crippen LogP contribution is -2.32. The van der Waals surface area contributed by atoms with Gasteiger partial charge in [0.25, 0.3) is 0 Å². The van der Waals surface area contributed by atoms with E-state index in [0.29, 0.717) is 5.69 Å². The number of nitrogens with two attached hydrogens (primary N) is 1. The molecule has 0 fully saturated rings. The molecule has 100 valence electrons. The maximum absolute atomic E-state index is 12.1. The summed E-state index contributed by atoms with van der Waals surface area (Å²) < 4.78 is 1.54. The summed E-state index contributed by atoms with van der Waals surface area (Å²) in [7, 11) is 1.78. The Balaban J connectivity index is 2.03. The number of anilines is 1. The average molecular weight is 259 g/mol. The van der Waals surface area contributed by atoms with E-state index in [0.717, 1.165) is 5.56 Å². The smallest absolute Gasteiger partial charge is 0.244 e. The molecule has 0 aliphatic rings. The van der Waals surface area contributed by atoms with Crippen molar-refractivity contribution in [2.45, 2.75) is 19.5 Å². The van der Waals surface area contributed by atoms with E-state index in [1.807, 2.05) is 19.1 Å². The molecular formula is C13H17N5O. The summed E-state index contributed by atoms with van der Waals surface area (Å²) >= 11 is 0. The van der Waals surface area contributed by atoms with Crippen molar-refractivity contribution in [1.29, 1.82) is 0 Å². The summed E-state index contributed by atoms with van der Waals surface area (Å²) in [5.74, 6) is -0.0209. The normalized spacial score (nSPS) is 12.1. The lowest BCUT2D eigenvalue weighted by molar-refractivity contribution is -0.132. The minimum atomic E-state index is -0.0209. The highest BCUT2D eigenvalue weighted by Crippen LogP contribution is 2.17. The lowest BCUT2D eigenvalue weighted by atomic mass is 10.1. The number of hydrogen-bond donors (Lipinski definition) is 1. The van der Waals surface area contributed by atoms with Gasteiger partial charge < -0.3 is 10.6 Å². The third-order valence-electron chi connectivity index (χ3n) is 3.11. The van der Waals surface area contributed by atoms with Crippen molar-refractivity contribution in [2.24, 2.45) is 0 Å². The number of amides is 1. The molecule has 2 heterocycles. The van der Waals surface area contributed by atoms with Crippen molar-refractivity contribution in [3.63, 3.8) is 0 Å². The van der Waals surface area contributed by atoms with Crippen LogP contribution in [0.3, 0.4) is 0 Å². The third kappa shape index (κ3) is 3.09. The quantitative estimate of drug-likeness (QED) is 0.891. The highest BCUT2D eigenvalue weighted by molar-refractivity contribution is 5.76. The molecule has 2 aromatic heterocycles. The summed E-state index contributed by atoms with van der Waals surface area (Å²) in [6.07, 6.45) is 6.61. The Labute approximate surface area is 111 Å². The van der Waals surface area contributed by atoms with Crippen LogP contribution >= 0.6 is 0 Å². The Morgan fingerprint density at radius 3 is 2.74 bits per heavy atom. The molecule has 0 aliphatic carbocycles. The fraction of sp³-hybridized carbons (Fsp3) is 0.308. The van der Waals surface area contributed by atoms with Crippen molar-refractivity contribution < 1.29 is 4.79 Å². The molecule has 1 amide bonds. The van der Waals surface area contributed by atoms with Crippen LogP contribution in [0.2, 0.25) is 0 Å². The molecule has 2 rings (SSSR count). The summed E-state index contributed by atoms with van der Waals surface area (Å²) in [4.78, 5) is 17.8. The molecule has 1 atom stereocenters. The zero-order valence-electron chi connectivity index (χ0n) is 11.0. The predicted octanol–water partition coefficient (Wildman–Crippen LogP) is 1.08. The van der Waals surface area contributed by atoms with E-state index in [-0.39, 0.29) is 18.5 Å². The van der Waals surface area contributed by atoms with Crippen LogP contribution in [0.25, 0.3) is 0 Å². The highest BCUT2D eigenvalue weighted by atomic mass is 16.2. The Morgan fingerprint density at radius 1 is 1.47 bits per heavy atom. The fourth-order valence-corrected chi connectivity index (χ4v) is 1.80. The molecule has 0 spiro atoms. The van der Waals surface area contributed by atoms with Crippen LogP contribution < -0.4 is 5.73 Å². The summed E-state index contributed by atoms with van der Waals surface area (Å²) in [6, 6.07) is 3.80. The number of likely N-dealkylation sites (N-methyl/N-ethyl adjacent to an activating group) is 1. The highest BCUT2D eigenvalue weighted by Gasteiger charge is 2.17. The zero-order chi connectivity index (χ0) is 13.8. The Bertz CT molecular complexity index is 551. The van der Waals surface area contributed by atoms with Gasteiger partial charge in [0.15, 0.2) is 0 Å². The number of carbonyl (C=O) groups is 1. The van der Waals surface area contributed by atoms with Crippen molar-refractivity contribution in [2.75, 3.05) is 12.8 Å². The summed E-state index contributed by atoms with van der Waals surface area (Å²) in [5.41, 5.74) is 7.17. The van der Waals surface area contributed by atoms with Crippen molar-refractivity contribution >= 4 is 11.6 Å². The molecule has 0 bridgehead atoms. The van der Waals surface area contributed by atoms with E-state index in [1.165, 1.54) is 10.9 Å². The molecule has 0 aliphatic heterocycles. The van der Waals surface area contributed by atoms with Gasteiger partial charge in [-0.15, -0.1) is 0 Å². The first-order chi connectivity index (χ1) is 9.08. The third-order valence-corrected chi connectivity index (χ3v) is 3.11. The minimum Gasteiger partial charge on any atom is -0.396 e. The largest absolute Gasteiger partial charge is 0.396 e. The maximum atomic E-state index is 12.1. The van der Waals surface area contributed by atoms with Crippen LogP contribution in [0.1, 0.15) is 18.5 Å². The second-order valence-electron chi connectivity index (χ2n) is 4.43. The van der Waals surface area contributed by atoms with Crippen LogP contribution in [0.15, 0.2) is 36.9 Å². The number of carbonyl (C=O) groups excluding carboxylic acids is 1. The standard InChI is InChI=1S/C13H17N5O/c1-10(11-3-5-15-6-4-11)17(2)13(19)9-18-8-12(14)7-16-18/h3-8,10H,9,14H2,1-2H3. The van der Waals surface area contributed by atoms with Gasteiger partial charge in [0.05, 0.1) is 17.9 Å². The van der Waals surface area contributed by atoms with Gasteiger partial charge in [0, 0.05) is 25.6 Å². The number of pyridine rings is 1. The minimum absolute atomic E-state index is 0.0107. The molecule has 0 radical (unpaired) electrons. The van der Waals surface area contributed by atoms with Gasteiger partial charge >= 0.3 is 0 Å². The maximum Gasteiger partial charge on any atom is 0.244 e. The monoisotopic (exact) mass is 259 g/mol. The van der Waals surface area contributed by atoms with Crippen LogP contribution in [-0.4, -0.2) is 32.6 Å². The van der Waals surface area contributed by atoms with E-state index >= 15 is 0 Å². The average Bonchev–Trinajstić information content (AvgIpc) is 2.83. The van der Waals surface area contributed by atoms with E-state index < -0.39 is 0 Å². The van der Waals surface area contributed by atoms with Gasteiger partial charge in [-0.3, -0.25) is 14.5 Å². The molecule has 19 heavy (non-hydrogen) atoms. The molecule has 1 unspecified atom stereocenters. The predicted molar refractivity (Wildman–Crippen MR) is 72.1 cm³/mol. The van der Waals surface area contributed by atoms with E-state index in [1.54, 1.807) is 30.5 Å². The molecule has 0 aromatic carbocycles. The molecule has 2 N–H and O–H groups in total. The van der Waals surface area contributed by atoms with Crippen LogP contribution in [0.5, 0.6) is 0 Å². The van der Waals surface area contributed by atoms with E-state index in [2.05, 4.69) is 10.1 Å². The number of rotatable bonds is 4. The molecule has 0 saturated heterocycles. The molecule has 2 aromatic rings. The first kappa shape index (κ1) is 13.1. The van der Waals surface area contributed by atoms with Crippen LogP contribution in [0, 0.1) is 0 Å². The Hall–Kier alpha value is -2.37. The van der Waals surface area contributed by atoms with Crippen LogP contribution in [0.4, 0.5) is 5.69 Å². The number of aromatic nitrogens is 3. The van der Waals surface area contributed by atoms with Crippen molar-refractivity contribution in [1.82, 2.24) is 19.7 Å². The summed E-state index contributed by atoms with van der Waals surface area (Å²) in [5, 5.41) is 4.00. The van der Waals surface area contributed by atoms with Gasteiger partial charge in [-0.1, -0.05) is 0 Å². The Kier molecular flexibility index (Phi) is 3.79. The molecule has 0 saturated carbocycles. The van der Waals surface area contributed by atoms with Gasteiger partial charge in [-0.25, -0.2) is 0 Å². The first-order valence-corrected chi connectivity index (χ1v) is 6.01. The van der Waals surface area contributed by atoms with Crippen molar-refractivity contribution in [3.8, 4) is 0 Å². The topological polar surface area (TPSA) is 77.0 Å². The summed E-state index contributed by atoms with van der Waals surface area (Å²) in [6.45, 7) is 2.16. The van der Waals surface area contributed by atoms with Gasteiger partial charge in [0.2, 0.25) is 5.91 Å². The van der Waals surface area contributed by atoms with E-state index in [4.69, 9.17) is 5.73 Å². The number of nitrogen functional groups attached to an aromatic ring is 1. The van der Waals surface area contributed by atoms with Gasteiger partial charge in [0.1, 0.15) is 6.54 Å². The van der Waals surface area contributed by atoms with Crippen molar-refractivity contribution in [3.05, 3.63) is 42.5 Å². The molecular weight excluding hydrogens is 242 g/mol. The van der Waals surface area contributed by atoms with Crippen LogP contribution in [-0.2, 0) is 11.3 Å². The second kappa shape index (κ2) is 5.51. The fourth-order valence-electron chi connectivity index (χ4n) is 1.80. The van der Waals surface area contributed by atoms with Gasteiger partial charge in [-0.05, 0) is 24.6 Å². The Morgan fingerprint density at radius 2 is 2.16 bits per heavy atom. The molecule has 6 heteroatoms. The SMILES string of the molecule is CC(c1ccncc1)N(C)C(=O)Cn1cc(N)cn1. The zero-order valence-corrected chi connectivity index (χ0v) is 11.0. The number of nitrogens with zero attached hydrogens (tertiary/aromatic N) is 4. The lowest BCUT2D eigenvalue weighted by Gasteiger charge is -2.25. The van der Waals surface area contributed by atoms with Gasteiger partial charge in [-0.2, -0.15) is 5.10 Å². The molecule has 6 nitrogen and oxygen atoms in total. The van der Waals surface area contributed by atoms with E-state index in [9.17, 15) is 4.79 Å².